The Morgan fingerprint density at radius 3 is 3.00 bits per heavy atom. The summed E-state index contributed by atoms with van der Waals surface area (Å²) in [7, 11) is 0. The lowest BCUT2D eigenvalue weighted by Crippen LogP contribution is -2.40. The van der Waals surface area contributed by atoms with Crippen LogP contribution in [-0.4, -0.2) is 45.5 Å². The van der Waals surface area contributed by atoms with E-state index in [1.165, 1.54) is 12.8 Å². The molecule has 5 heteroatoms. The number of aryl methyl sites for hydroxylation is 2. The van der Waals surface area contributed by atoms with Crippen LogP contribution in [0.5, 0.6) is 0 Å². The largest absolute Gasteiger partial charge is 0.348 e. The predicted molar refractivity (Wildman–Crippen MR) is 93.1 cm³/mol. The minimum absolute atomic E-state index is 0.0555. The minimum atomic E-state index is 0.0555. The van der Waals surface area contributed by atoms with Crippen LogP contribution in [0.1, 0.15) is 42.4 Å². The third-order valence-electron chi connectivity index (χ3n) is 5.89. The number of nitrogens with zero attached hydrogens (tertiary/aromatic N) is 3. The molecule has 3 heterocycles. The number of imidazole rings is 1. The van der Waals surface area contributed by atoms with Crippen molar-refractivity contribution < 1.29 is 4.79 Å². The molecule has 1 aromatic carbocycles. The van der Waals surface area contributed by atoms with Gasteiger partial charge in [-0.15, -0.1) is 0 Å². The number of likely N-dealkylation sites (tertiary alicyclic amines) is 1. The van der Waals surface area contributed by atoms with Crippen molar-refractivity contribution in [3.63, 3.8) is 0 Å². The molecule has 24 heavy (non-hydrogen) atoms. The summed E-state index contributed by atoms with van der Waals surface area (Å²) in [4.78, 5) is 20.0. The maximum atomic E-state index is 12.7. The van der Waals surface area contributed by atoms with Gasteiger partial charge in [-0.05, 0) is 43.4 Å². The van der Waals surface area contributed by atoms with Gasteiger partial charge in [0.05, 0.1) is 11.0 Å². The number of fused-ring (bicyclic) bond motifs is 3. The van der Waals surface area contributed by atoms with Gasteiger partial charge in [0, 0.05) is 43.7 Å². The molecule has 0 unspecified atom stereocenters. The van der Waals surface area contributed by atoms with E-state index in [1.54, 1.807) is 0 Å². The highest BCUT2D eigenvalue weighted by Crippen LogP contribution is 2.32. The van der Waals surface area contributed by atoms with Crippen LogP contribution in [0.2, 0.25) is 0 Å². The van der Waals surface area contributed by atoms with E-state index in [1.807, 2.05) is 18.2 Å². The number of carbonyl (C=O) groups is 1. The lowest BCUT2D eigenvalue weighted by Gasteiger charge is -2.17. The third-order valence-corrected chi connectivity index (χ3v) is 5.89. The fourth-order valence-corrected chi connectivity index (χ4v) is 4.33. The lowest BCUT2D eigenvalue weighted by atomic mass is 10.1. The second-order valence-electron chi connectivity index (χ2n) is 7.73. The highest BCUT2D eigenvalue weighted by molar-refractivity contribution is 5.97. The fourth-order valence-electron chi connectivity index (χ4n) is 4.33. The Balaban J connectivity index is 1.36. The van der Waals surface area contributed by atoms with E-state index in [2.05, 4.69) is 26.7 Å². The zero-order valence-corrected chi connectivity index (χ0v) is 14.2. The Bertz CT molecular complexity index is 807. The first kappa shape index (κ1) is 14.5. The Morgan fingerprint density at radius 2 is 2.17 bits per heavy atom. The van der Waals surface area contributed by atoms with E-state index in [9.17, 15) is 4.79 Å². The summed E-state index contributed by atoms with van der Waals surface area (Å²) in [5.74, 6) is 1.74. The summed E-state index contributed by atoms with van der Waals surface area (Å²) in [6.07, 6.45) is 4.87. The van der Waals surface area contributed by atoms with Crippen molar-refractivity contribution in [1.29, 1.82) is 0 Å². The van der Waals surface area contributed by atoms with Gasteiger partial charge in [-0.3, -0.25) is 9.69 Å². The number of rotatable bonds is 3. The summed E-state index contributed by atoms with van der Waals surface area (Å²) in [6, 6.07) is 6.97. The van der Waals surface area contributed by atoms with E-state index < -0.39 is 0 Å². The zero-order valence-electron chi connectivity index (χ0n) is 14.2. The normalized spacial score (nSPS) is 26.9. The Labute approximate surface area is 142 Å². The van der Waals surface area contributed by atoms with Crippen molar-refractivity contribution in [1.82, 2.24) is 19.8 Å². The van der Waals surface area contributed by atoms with E-state index in [0.717, 1.165) is 60.9 Å². The smallest absolute Gasteiger partial charge is 0.251 e. The van der Waals surface area contributed by atoms with Crippen LogP contribution in [0.4, 0.5) is 0 Å². The molecule has 2 aromatic rings. The molecule has 3 aliphatic rings. The number of benzene rings is 1. The van der Waals surface area contributed by atoms with Crippen molar-refractivity contribution in [3.8, 4) is 0 Å². The topological polar surface area (TPSA) is 50.2 Å². The molecular weight excluding hydrogens is 300 g/mol. The zero-order chi connectivity index (χ0) is 16.3. The maximum absolute atomic E-state index is 12.7. The summed E-state index contributed by atoms with van der Waals surface area (Å²) in [5.41, 5.74) is 2.87. The number of hydrogen-bond acceptors (Lipinski definition) is 3. The first-order valence-electron chi connectivity index (χ1n) is 9.23. The number of nitrogens with one attached hydrogen (secondary N) is 1. The highest BCUT2D eigenvalue weighted by atomic mass is 16.1. The van der Waals surface area contributed by atoms with Crippen LogP contribution in [0.25, 0.3) is 11.0 Å². The van der Waals surface area contributed by atoms with E-state index in [0.29, 0.717) is 5.92 Å². The van der Waals surface area contributed by atoms with E-state index >= 15 is 0 Å². The van der Waals surface area contributed by atoms with Gasteiger partial charge >= 0.3 is 0 Å². The van der Waals surface area contributed by atoms with Crippen LogP contribution in [0, 0.1) is 5.92 Å². The average molecular weight is 324 g/mol. The summed E-state index contributed by atoms with van der Waals surface area (Å²) >= 11 is 0. The fraction of sp³-hybridized carbons (Fsp3) is 0.579. The van der Waals surface area contributed by atoms with Gasteiger partial charge in [0.2, 0.25) is 0 Å². The molecule has 1 saturated heterocycles. The minimum Gasteiger partial charge on any atom is -0.348 e. The van der Waals surface area contributed by atoms with Crippen LogP contribution in [0.15, 0.2) is 18.2 Å². The Morgan fingerprint density at radius 1 is 1.29 bits per heavy atom. The standard InChI is InChI=1S/C19H24N4O/c1-12-10-22(14-5-6-14)11-16(12)21-19(24)13-4-7-15-17(9-13)23-8-2-3-18(23)20-15/h4,7,9,12,14,16H,2-3,5-6,8,10-11H2,1H3,(H,21,24)/t12-,16+/m0/s1. The molecule has 1 N–H and O–H groups in total. The van der Waals surface area contributed by atoms with E-state index in [-0.39, 0.29) is 11.9 Å². The van der Waals surface area contributed by atoms with Gasteiger partial charge in [0.15, 0.2) is 0 Å². The first-order valence-corrected chi connectivity index (χ1v) is 9.23. The van der Waals surface area contributed by atoms with Crippen molar-refractivity contribution >= 4 is 16.9 Å². The Kier molecular flexibility index (Phi) is 3.20. The van der Waals surface area contributed by atoms with Gasteiger partial charge in [0.25, 0.3) is 5.91 Å². The molecule has 2 fully saturated rings. The van der Waals surface area contributed by atoms with Gasteiger partial charge in [0.1, 0.15) is 5.82 Å². The second-order valence-corrected chi connectivity index (χ2v) is 7.73. The maximum Gasteiger partial charge on any atom is 0.251 e. The van der Waals surface area contributed by atoms with Gasteiger partial charge in [-0.2, -0.15) is 0 Å². The van der Waals surface area contributed by atoms with Crippen molar-refractivity contribution in [2.24, 2.45) is 5.92 Å². The molecule has 0 bridgehead atoms. The number of amides is 1. The second kappa shape index (κ2) is 5.31. The number of carbonyl (C=O) groups excluding carboxylic acids is 1. The number of hydrogen-bond donors (Lipinski definition) is 1. The predicted octanol–water partition coefficient (Wildman–Crippen LogP) is 2.20. The molecule has 1 aromatic heterocycles. The van der Waals surface area contributed by atoms with Crippen molar-refractivity contribution in [2.75, 3.05) is 13.1 Å². The molecule has 5 nitrogen and oxygen atoms in total. The SMILES string of the molecule is C[C@H]1CN(C2CC2)C[C@H]1NC(=O)c1ccc2nc3n(c2c1)CCC3. The van der Waals surface area contributed by atoms with Crippen LogP contribution < -0.4 is 5.32 Å². The third kappa shape index (κ3) is 2.34. The van der Waals surface area contributed by atoms with Crippen molar-refractivity contribution in [2.45, 2.75) is 51.2 Å². The molecule has 5 rings (SSSR count). The highest BCUT2D eigenvalue weighted by Gasteiger charge is 2.38. The van der Waals surface area contributed by atoms with Gasteiger partial charge in [-0.1, -0.05) is 6.92 Å². The molecule has 1 amide bonds. The van der Waals surface area contributed by atoms with Crippen LogP contribution in [-0.2, 0) is 13.0 Å². The molecule has 1 saturated carbocycles. The quantitative estimate of drug-likeness (QED) is 0.942. The number of aromatic nitrogens is 2. The molecule has 0 spiro atoms. The average Bonchev–Trinajstić information content (AvgIpc) is 3.07. The molecular formula is C19H24N4O. The monoisotopic (exact) mass is 324 g/mol. The molecule has 2 aliphatic heterocycles. The van der Waals surface area contributed by atoms with Crippen molar-refractivity contribution in [3.05, 3.63) is 29.6 Å². The summed E-state index contributed by atoms with van der Waals surface area (Å²) in [6.45, 7) is 5.39. The molecule has 1 aliphatic carbocycles. The first-order chi connectivity index (χ1) is 11.7. The molecule has 126 valence electrons. The summed E-state index contributed by atoms with van der Waals surface area (Å²) < 4.78 is 2.26. The lowest BCUT2D eigenvalue weighted by molar-refractivity contribution is 0.0931. The van der Waals surface area contributed by atoms with Crippen LogP contribution >= 0.6 is 0 Å². The van der Waals surface area contributed by atoms with Gasteiger partial charge < -0.3 is 9.88 Å². The van der Waals surface area contributed by atoms with E-state index in [4.69, 9.17) is 0 Å². The van der Waals surface area contributed by atoms with Crippen LogP contribution in [0.3, 0.4) is 0 Å². The Hall–Kier alpha value is -1.88. The molecule has 2 atom stereocenters. The molecule has 0 radical (unpaired) electrons. The van der Waals surface area contributed by atoms with Gasteiger partial charge in [-0.25, -0.2) is 4.98 Å². The summed E-state index contributed by atoms with van der Waals surface area (Å²) in [5, 5.41) is 3.27.